The van der Waals surface area contributed by atoms with Crippen molar-refractivity contribution in [1.29, 1.82) is 0 Å². The van der Waals surface area contributed by atoms with E-state index >= 15 is 0 Å². The fourth-order valence-electron chi connectivity index (χ4n) is 1.17. The molecule has 0 unspecified atom stereocenters. The van der Waals surface area contributed by atoms with E-state index in [1.807, 2.05) is 0 Å². The Morgan fingerprint density at radius 2 is 1.89 bits per heavy atom. The standard InChI is InChI=1S/C10H4BrF3N2OS/c11-7-3-15-10(18-7)16-9(17)4-1-5(12)8(14)6(13)2-4/h1-3H,(H,15,16,17). The summed E-state index contributed by atoms with van der Waals surface area (Å²) in [6.07, 6.45) is 1.46. The van der Waals surface area contributed by atoms with E-state index in [-0.39, 0.29) is 10.7 Å². The molecule has 0 radical (unpaired) electrons. The topological polar surface area (TPSA) is 42.0 Å². The van der Waals surface area contributed by atoms with E-state index in [4.69, 9.17) is 0 Å². The van der Waals surface area contributed by atoms with Gasteiger partial charge in [-0.25, -0.2) is 18.2 Å². The molecule has 2 rings (SSSR count). The molecule has 94 valence electrons. The third kappa shape index (κ3) is 2.70. The molecule has 0 aliphatic heterocycles. The SMILES string of the molecule is O=C(Nc1ncc(Br)s1)c1cc(F)c(F)c(F)c1. The lowest BCUT2D eigenvalue weighted by Gasteiger charge is -2.03. The van der Waals surface area contributed by atoms with Crippen molar-refractivity contribution in [3.8, 4) is 0 Å². The summed E-state index contributed by atoms with van der Waals surface area (Å²) >= 11 is 4.28. The van der Waals surface area contributed by atoms with Gasteiger partial charge in [0.1, 0.15) is 0 Å². The average Bonchev–Trinajstić information content (AvgIpc) is 2.71. The summed E-state index contributed by atoms with van der Waals surface area (Å²) in [7, 11) is 0. The van der Waals surface area contributed by atoms with Crippen LogP contribution >= 0.6 is 27.3 Å². The molecule has 0 atom stereocenters. The monoisotopic (exact) mass is 336 g/mol. The van der Waals surface area contributed by atoms with E-state index in [9.17, 15) is 18.0 Å². The van der Waals surface area contributed by atoms with Crippen LogP contribution in [0.1, 0.15) is 10.4 Å². The van der Waals surface area contributed by atoms with Gasteiger partial charge in [-0.15, -0.1) is 0 Å². The van der Waals surface area contributed by atoms with E-state index in [0.717, 1.165) is 11.3 Å². The molecular weight excluding hydrogens is 333 g/mol. The second-order valence-electron chi connectivity index (χ2n) is 3.18. The first-order valence-electron chi connectivity index (χ1n) is 4.54. The molecule has 1 N–H and O–H groups in total. The van der Waals surface area contributed by atoms with Gasteiger partial charge < -0.3 is 0 Å². The highest BCUT2D eigenvalue weighted by molar-refractivity contribution is 9.11. The van der Waals surface area contributed by atoms with Gasteiger partial charge in [-0.1, -0.05) is 11.3 Å². The first-order chi connectivity index (χ1) is 8.47. The molecular formula is C10H4BrF3N2OS. The minimum Gasteiger partial charge on any atom is -0.298 e. The number of hydrogen-bond donors (Lipinski definition) is 1. The molecule has 0 fully saturated rings. The van der Waals surface area contributed by atoms with Crippen LogP contribution in [-0.2, 0) is 0 Å². The predicted molar refractivity (Wildman–Crippen MR) is 64.1 cm³/mol. The van der Waals surface area contributed by atoms with Crippen LogP contribution in [0.25, 0.3) is 0 Å². The predicted octanol–water partition coefficient (Wildman–Crippen LogP) is 3.58. The highest BCUT2D eigenvalue weighted by atomic mass is 79.9. The zero-order chi connectivity index (χ0) is 13.3. The zero-order valence-corrected chi connectivity index (χ0v) is 10.9. The minimum atomic E-state index is -1.61. The molecule has 0 aliphatic carbocycles. The van der Waals surface area contributed by atoms with E-state index in [1.165, 1.54) is 6.20 Å². The maximum absolute atomic E-state index is 12.9. The van der Waals surface area contributed by atoms with Crippen LogP contribution in [-0.4, -0.2) is 10.9 Å². The van der Waals surface area contributed by atoms with Crippen molar-refractivity contribution in [3.05, 3.63) is 45.1 Å². The van der Waals surface area contributed by atoms with E-state index < -0.39 is 23.4 Å². The maximum atomic E-state index is 12.9. The molecule has 1 amide bonds. The van der Waals surface area contributed by atoms with Crippen molar-refractivity contribution in [2.45, 2.75) is 0 Å². The third-order valence-electron chi connectivity index (χ3n) is 1.94. The molecule has 1 aromatic heterocycles. The van der Waals surface area contributed by atoms with Crippen molar-refractivity contribution in [2.24, 2.45) is 0 Å². The Kier molecular flexibility index (Phi) is 3.67. The van der Waals surface area contributed by atoms with Gasteiger partial charge in [0.2, 0.25) is 0 Å². The number of nitrogens with one attached hydrogen (secondary N) is 1. The number of thiazole rings is 1. The second kappa shape index (κ2) is 5.07. The zero-order valence-electron chi connectivity index (χ0n) is 8.51. The third-order valence-corrected chi connectivity index (χ3v) is 3.34. The summed E-state index contributed by atoms with van der Waals surface area (Å²) in [6.45, 7) is 0. The van der Waals surface area contributed by atoms with Crippen molar-refractivity contribution in [1.82, 2.24) is 4.98 Å². The molecule has 1 heterocycles. The van der Waals surface area contributed by atoms with E-state index in [2.05, 4.69) is 26.2 Å². The van der Waals surface area contributed by atoms with Gasteiger partial charge in [0, 0.05) is 5.56 Å². The van der Waals surface area contributed by atoms with E-state index in [1.54, 1.807) is 0 Å². The Bertz CT molecular complexity index is 594. The van der Waals surface area contributed by atoms with Gasteiger partial charge >= 0.3 is 0 Å². The lowest BCUT2D eigenvalue weighted by atomic mass is 10.2. The summed E-state index contributed by atoms with van der Waals surface area (Å²) in [5, 5.41) is 2.60. The fraction of sp³-hybridized carbons (Fsp3) is 0. The smallest absolute Gasteiger partial charge is 0.257 e. The summed E-state index contributed by atoms with van der Waals surface area (Å²) in [5.74, 6) is -5.21. The van der Waals surface area contributed by atoms with Crippen molar-refractivity contribution < 1.29 is 18.0 Å². The molecule has 0 spiro atoms. The summed E-state index contributed by atoms with van der Waals surface area (Å²) in [4.78, 5) is 15.4. The van der Waals surface area contributed by atoms with Gasteiger partial charge in [-0.2, -0.15) is 0 Å². The normalized spacial score (nSPS) is 10.4. The Morgan fingerprint density at radius 3 is 2.39 bits per heavy atom. The summed E-state index contributed by atoms with van der Waals surface area (Å²) < 4.78 is 39.3. The summed E-state index contributed by atoms with van der Waals surface area (Å²) in [5.41, 5.74) is -0.322. The van der Waals surface area contributed by atoms with Crippen LogP contribution in [0, 0.1) is 17.5 Å². The Balaban J connectivity index is 2.24. The van der Waals surface area contributed by atoms with Gasteiger partial charge in [-0.3, -0.25) is 10.1 Å². The van der Waals surface area contributed by atoms with Crippen molar-refractivity contribution in [2.75, 3.05) is 5.32 Å². The summed E-state index contributed by atoms with van der Waals surface area (Å²) in [6, 6.07) is 1.24. The maximum Gasteiger partial charge on any atom is 0.257 e. The molecule has 2 aromatic rings. The first-order valence-corrected chi connectivity index (χ1v) is 6.15. The number of hydrogen-bond acceptors (Lipinski definition) is 3. The number of amides is 1. The van der Waals surface area contributed by atoms with Crippen LogP contribution in [0.3, 0.4) is 0 Å². The number of anilines is 1. The Hall–Kier alpha value is -1.41. The van der Waals surface area contributed by atoms with E-state index in [0.29, 0.717) is 15.9 Å². The fourth-order valence-corrected chi connectivity index (χ4v) is 2.27. The van der Waals surface area contributed by atoms with Gasteiger partial charge in [0.15, 0.2) is 22.6 Å². The number of nitrogens with zero attached hydrogens (tertiary/aromatic N) is 1. The number of aromatic nitrogens is 1. The highest BCUT2D eigenvalue weighted by Gasteiger charge is 2.15. The number of halogens is 4. The van der Waals surface area contributed by atoms with Crippen LogP contribution in [0.15, 0.2) is 22.1 Å². The van der Waals surface area contributed by atoms with Crippen molar-refractivity contribution >= 4 is 38.3 Å². The lowest BCUT2D eigenvalue weighted by Crippen LogP contribution is -2.13. The van der Waals surface area contributed by atoms with Crippen LogP contribution < -0.4 is 5.32 Å². The van der Waals surface area contributed by atoms with Crippen LogP contribution in [0.2, 0.25) is 0 Å². The molecule has 18 heavy (non-hydrogen) atoms. The van der Waals surface area contributed by atoms with Crippen LogP contribution in [0.5, 0.6) is 0 Å². The number of rotatable bonds is 2. The molecule has 1 aromatic carbocycles. The largest absolute Gasteiger partial charge is 0.298 e. The molecule has 0 saturated heterocycles. The number of carbonyl (C=O) groups is 1. The quantitative estimate of drug-likeness (QED) is 0.852. The van der Waals surface area contributed by atoms with Gasteiger partial charge in [0.05, 0.1) is 9.98 Å². The van der Waals surface area contributed by atoms with Gasteiger partial charge in [0.25, 0.3) is 5.91 Å². The minimum absolute atomic E-state index is 0.261. The lowest BCUT2D eigenvalue weighted by molar-refractivity contribution is 0.102. The molecule has 8 heteroatoms. The average molecular weight is 337 g/mol. The molecule has 3 nitrogen and oxygen atoms in total. The number of benzene rings is 1. The number of carbonyl (C=O) groups excluding carboxylic acids is 1. The molecule has 0 bridgehead atoms. The van der Waals surface area contributed by atoms with Gasteiger partial charge in [-0.05, 0) is 28.1 Å². The Morgan fingerprint density at radius 1 is 1.28 bits per heavy atom. The highest BCUT2D eigenvalue weighted by Crippen LogP contribution is 2.24. The molecule has 0 aliphatic rings. The first kappa shape index (κ1) is 13.0. The Labute approximate surface area is 112 Å². The van der Waals surface area contributed by atoms with Crippen molar-refractivity contribution in [3.63, 3.8) is 0 Å². The molecule has 0 saturated carbocycles. The van der Waals surface area contributed by atoms with Crippen LogP contribution in [0.4, 0.5) is 18.3 Å². The second-order valence-corrected chi connectivity index (χ2v) is 5.59.